The van der Waals surface area contributed by atoms with Gasteiger partial charge in [0, 0.05) is 24.7 Å². The topological polar surface area (TPSA) is 24.5 Å². The highest BCUT2D eigenvalue weighted by Crippen LogP contribution is 2.23. The molecule has 0 aliphatic carbocycles. The molecular formula is C17H27FN2O. The monoisotopic (exact) mass is 294 g/mol. The third-order valence-electron chi connectivity index (χ3n) is 4.21. The van der Waals surface area contributed by atoms with Crippen molar-refractivity contribution >= 4 is 0 Å². The average molecular weight is 294 g/mol. The van der Waals surface area contributed by atoms with Gasteiger partial charge in [0.1, 0.15) is 5.82 Å². The smallest absolute Gasteiger partial charge is 0.123 e. The van der Waals surface area contributed by atoms with Gasteiger partial charge in [-0.05, 0) is 44.5 Å². The van der Waals surface area contributed by atoms with E-state index in [0.717, 1.165) is 44.8 Å². The van der Waals surface area contributed by atoms with Crippen LogP contribution in [0.2, 0.25) is 0 Å². The van der Waals surface area contributed by atoms with Gasteiger partial charge in [0.25, 0.3) is 0 Å². The summed E-state index contributed by atoms with van der Waals surface area (Å²) in [5.41, 5.74) is 1.11. The van der Waals surface area contributed by atoms with Crippen molar-refractivity contribution in [2.75, 3.05) is 32.8 Å². The van der Waals surface area contributed by atoms with Gasteiger partial charge in [-0.3, -0.25) is 4.90 Å². The van der Waals surface area contributed by atoms with Crippen molar-refractivity contribution in [1.29, 1.82) is 0 Å². The molecule has 0 bridgehead atoms. The third-order valence-corrected chi connectivity index (χ3v) is 4.21. The summed E-state index contributed by atoms with van der Waals surface area (Å²) < 4.78 is 19.0. The summed E-state index contributed by atoms with van der Waals surface area (Å²) in [5.74, 6) is -0.165. The summed E-state index contributed by atoms with van der Waals surface area (Å²) >= 11 is 0. The molecule has 1 fully saturated rings. The van der Waals surface area contributed by atoms with E-state index in [1.807, 2.05) is 6.07 Å². The molecule has 21 heavy (non-hydrogen) atoms. The number of morpholine rings is 1. The maximum absolute atomic E-state index is 13.4. The Morgan fingerprint density at radius 2 is 2.24 bits per heavy atom. The van der Waals surface area contributed by atoms with E-state index < -0.39 is 0 Å². The highest BCUT2D eigenvalue weighted by Gasteiger charge is 2.30. The number of nitrogens with zero attached hydrogens (tertiary/aromatic N) is 1. The van der Waals surface area contributed by atoms with Crippen LogP contribution in [0.25, 0.3) is 0 Å². The van der Waals surface area contributed by atoms with Gasteiger partial charge in [-0.1, -0.05) is 19.1 Å². The number of hydrogen-bond donors (Lipinski definition) is 1. The van der Waals surface area contributed by atoms with Crippen LogP contribution >= 0.6 is 0 Å². The maximum Gasteiger partial charge on any atom is 0.123 e. The van der Waals surface area contributed by atoms with Crippen LogP contribution in [0.1, 0.15) is 38.8 Å². The lowest BCUT2D eigenvalue weighted by atomic mass is 9.99. The van der Waals surface area contributed by atoms with Crippen LogP contribution < -0.4 is 5.32 Å². The van der Waals surface area contributed by atoms with Crippen molar-refractivity contribution in [3.8, 4) is 0 Å². The zero-order valence-electron chi connectivity index (χ0n) is 13.4. The van der Waals surface area contributed by atoms with E-state index >= 15 is 0 Å². The Hall–Kier alpha value is -0.970. The van der Waals surface area contributed by atoms with E-state index in [1.54, 1.807) is 12.1 Å². The fourth-order valence-electron chi connectivity index (χ4n) is 2.95. The van der Waals surface area contributed by atoms with E-state index in [1.165, 1.54) is 6.07 Å². The van der Waals surface area contributed by atoms with Crippen LogP contribution in [0.4, 0.5) is 4.39 Å². The van der Waals surface area contributed by atoms with E-state index in [0.29, 0.717) is 0 Å². The molecule has 1 aliphatic rings. The zero-order chi connectivity index (χ0) is 15.3. The maximum atomic E-state index is 13.4. The first kappa shape index (κ1) is 16.4. The Labute approximate surface area is 127 Å². The van der Waals surface area contributed by atoms with Crippen LogP contribution in [0.15, 0.2) is 24.3 Å². The highest BCUT2D eigenvalue weighted by atomic mass is 19.1. The number of benzene rings is 1. The Morgan fingerprint density at radius 1 is 1.43 bits per heavy atom. The van der Waals surface area contributed by atoms with Crippen LogP contribution in [0.3, 0.4) is 0 Å². The van der Waals surface area contributed by atoms with Gasteiger partial charge in [-0.15, -0.1) is 0 Å². The molecule has 0 saturated carbocycles. The second-order valence-corrected chi connectivity index (χ2v) is 6.31. The largest absolute Gasteiger partial charge is 0.378 e. The van der Waals surface area contributed by atoms with Crippen molar-refractivity contribution in [3.63, 3.8) is 0 Å². The lowest BCUT2D eigenvalue weighted by molar-refractivity contribution is -0.0521. The van der Waals surface area contributed by atoms with Crippen molar-refractivity contribution in [3.05, 3.63) is 35.6 Å². The van der Waals surface area contributed by atoms with Crippen LogP contribution in [-0.4, -0.2) is 43.3 Å². The zero-order valence-corrected chi connectivity index (χ0v) is 13.4. The molecule has 3 nitrogen and oxygen atoms in total. The van der Waals surface area contributed by atoms with Gasteiger partial charge in [0.15, 0.2) is 0 Å². The van der Waals surface area contributed by atoms with Crippen LogP contribution in [0, 0.1) is 5.82 Å². The second-order valence-electron chi connectivity index (χ2n) is 6.31. The number of ether oxygens (including phenoxy) is 1. The first-order valence-electron chi connectivity index (χ1n) is 7.84. The van der Waals surface area contributed by atoms with Crippen molar-refractivity contribution in [2.45, 2.75) is 38.8 Å². The molecule has 1 aliphatic heterocycles. The minimum atomic E-state index is -0.165. The second kappa shape index (κ2) is 7.34. The fraction of sp³-hybridized carbons (Fsp3) is 0.647. The third kappa shape index (κ3) is 4.50. The highest BCUT2D eigenvalue weighted by molar-refractivity contribution is 5.20. The van der Waals surface area contributed by atoms with Crippen LogP contribution in [-0.2, 0) is 4.74 Å². The normalized spacial score (nSPS) is 20.4. The van der Waals surface area contributed by atoms with E-state index in [-0.39, 0.29) is 17.4 Å². The van der Waals surface area contributed by atoms with E-state index in [4.69, 9.17) is 4.74 Å². The number of nitrogens with one attached hydrogen (secondary N) is 1. The SMILES string of the molecule is CCNC(CCN1CCOCC1(C)C)c1cccc(F)c1. The molecule has 0 aromatic heterocycles. The van der Waals surface area contributed by atoms with Gasteiger partial charge in [-0.2, -0.15) is 0 Å². The Kier molecular flexibility index (Phi) is 5.73. The average Bonchev–Trinajstić information content (AvgIpc) is 2.44. The minimum Gasteiger partial charge on any atom is -0.378 e. The van der Waals surface area contributed by atoms with Gasteiger partial charge < -0.3 is 10.1 Å². The summed E-state index contributed by atoms with van der Waals surface area (Å²) in [4.78, 5) is 2.47. The molecule has 1 unspecified atom stereocenters. The molecule has 1 aromatic carbocycles. The molecular weight excluding hydrogens is 267 g/mol. The lowest BCUT2D eigenvalue weighted by Gasteiger charge is -2.42. The van der Waals surface area contributed by atoms with Crippen molar-refractivity contribution in [1.82, 2.24) is 10.2 Å². The molecule has 0 radical (unpaired) electrons. The molecule has 1 heterocycles. The van der Waals surface area contributed by atoms with Crippen molar-refractivity contribution in [2.24, 2.45) is 0 Å². The van der Waals surface area contributed by atoms with Gasteiger partial charge in [0.05, 0.1) is 13.2 Å². The summed E-state index contributed by atoms with van der Waals surface area (Å²) in [6.45, 7) is 10.9. The van der Waals surface area contributed by atoms with Gasteiger partial charge in [-0.25, -0.2) is 4.39 Å². The van der Waals surface area contributed by atoms with Crippen molar-refractivity contribution < 1.29 is 9.13 Å². The standard InChI is InChI=1S/C17H27FN2O/c1-4-19-16(14-6-5-7-15(18)12-14)8-9-20-10-11-21-13-17(20,2)3/h5-7,12,16,19H,4,8-11,13H2,1-3H3. The Balaban J connectivity index is 2.00. The summed E-state index contributed by atoms with van der Waals surface area (Å²) in [6, 6.07) is 7.12. The predicted molar refractivity (Wildman–Crippen MR) is 83.9 cm³/mol. The minimum absolute atomic E-state index is 0.0803. The molecule has 118 valence electrons. The van der Waals surface area contributed by atoms with Gasteiger partial charge >= 0.3 is 0 Å². The molecule has 1 saturated heterocycles. The molecule has 0 amide bonds. The molecule has 1 aromatic rings. The number of hydrogen-bond acceptors (Lipinski definition) is 3. The lowest BCUT2D eigenvalue weighted by Crippen LogP contribution is -2.53. The summed E-state index contributed by atoms with van der Waals surface area (Å²) in [5, 5.41) is 3.47. The first-order valence-corrected chi connectivity index (χ1v) is 7.84. The quantitative estimate of drug-likeness (QED) is 0.873. The van der Waals surface area contributed by atoms with Gasteiger partial charge in [0.2, 0.25) is 0 Å². The molecule has 0 spiro atoms. The van der Waals surface area contributed by atoms with E-state index in [9.17, 15) is 4.39 Å². The molecule has 1 atom stereocenters. The Bertz CT molecular complexity index is 450. The Morgan fingerprint density at radius 3 is 2.90 bits per heavy atom. The fourth-order valence-corrected chi connectivity index (χ4v) is 2.95. The molecule has 2 rings (SSSR count). The summed E-state index contributed by atoms with van der Waals surface area (Å²) in [7, 11) is 0. The number of halogens is 1. The predicted octanol–water partition coefficient (Wildman–Crippen LogP) is 2.98. The first-order chi connectivity index (χ1) is 10.0. The number of rotatable bonds is 6. The summed E-state index contributed by atoms with van der Waals surface area (Å²) in [6.07, 6.45) is 0.973. The van der Waals surface area contributed by atoms with E-state index in [2.05, 4.69) is 31.0 Å². The molecule has 1 N–H and O–H groups in total. The van der Waals surface area contributed by atoms with Crippen LogP contribution in [0.5, 0.6) is 0 Å². The molecule has 4 heteroatoms.